The molecule has 2 aromatic heterocycles. The summed E-state index contributed by atoms with van der Waals surface area (Å²) in [4.78, 5) is 39.8. The number of urea groups is 1. The van der Waals surface area contributed by atoms with Crippen LogP contribution < -0.4 is 10.6 Å². The van der Waals surface area contributed by atoms with Crippen LogP contribution in [0.1, 0.15) is 38.3 Å². The number of hydrogen-bond donors (Lipinski definition) is 2. The highest BCUT2D eigenvalue weighted by Crippen LogP contribution is 2.23. The molecule has 1 fully saturated rings. The lowest BCUT2D eigenvalue weighted by Gasteiger charge is -2.29. The van der Waals surface area contributed by atoms with E-state index in [1.165, 1.54) is 6.08 Å². The van der Waals surface area contributed by atoms with E-state index in [-0.39, 0.29) is 11.2 Å². The van der Waals surface area contributed by atoms with Crippen LogP contribution in [0.3, 0.4) is 0 Å². The highest BCUT2D eigenvalue weighted by molar-refractivity contribution is 6.31. The van der Waals surface area contributed by atoms with Crippen LogP contribution in [-0.2, 0) is 14.3 Å². The summed E-state index contributed by atoms with van der Waals surface area (Å²) in [5.74, 6) is -1.05. The van der Waals surface area contributed by atoms with Gasteiger partial charge in [0.05, 0.1) is 5.69 Å². The first-order valence-corrected chi connectivity index (χ1v) is 9.89. The molecule has 1 saturated carbocycles. The third-order valence-electron chi connectivity index (χ3n) is 4.93. The van der Waals surface area contributed by atoms with Gasteiger partial charge in [-0.05, 0) is 37.0 Å². The molecular formula is C20H23ClN4O4. The van der Waals surface area contributed by atoms with Crippen molar-refractivity contribution in [2.75, 3.05) is 6.61 Å². The number of ether oxygens (including phenoxy) is 1. The third-order valence-corrected chi connectivity index (χ3v) is 5.20. The van der Waals surface area contributed by atoms with Crippen molar-refractivity contribution in [1.82, 2.24) is 20.0 Å². The molecular weight excluding hydrogens is 396 g/mol. The summed E-state index contributed by atoms with van der Waals surface area (Å²) in [5.41, 5.74) is 1.16. The van der Waals surface area contributed by atoms with Gasteiger partial charge in [0.25, 0.3) is 5.91 Å². The largest absolute Gasteiger partial charge is 0.452 e. The van der Waals surface area contributed by atoms with Crippen LogP contribution in [-0.4, -0.2) is 39.9 Å². The first-order chi connectivity index (χ1) is 13.9. The molecule has 2 atom stereocenters. The van der Waals surface area contributed by atoms with Gasteiger partial charge in [0.2, 0.25) is 0 Å². The summed E-state index contributed by atoms with van der Waals surface area (Å²) >= 11 is 6.08. The number of esters is 1. The molecule has 29 heavy (non-hydrogen) atoms. The number of imidazole rings is 1. The van der Waals surface area contributed by atoms with E-state index in [2.05, 4.69) is 22.5 Å². The number of imide groups is 1. The predicted octanol–water partition coefficient (Wildman–Crippen LogP) is 2.95. The van der Waals surface area contributed by atoms with E-state index in [0.29, 0.717) is 17.3 Å². The van der Waals surface area contributed by atoms with Crippen molar-refractivity contribution in [3.63, 3.8) is 0 Å². The molecule has 2 aromatic rings. The molecule has 3 amide bonds. The van der Waals surface area contributed by atoms with Crippen LogP contribution in [0.5, 0.6) is 0 Å². The Kier molecular flexibility index (Phi) is 6.87. The van der Waals surface area contributed by atoms with Crippen molar-refractivity contribution in [3.05, 3.63) is 41.3 Å². The van der Waals surface area contributed by atoms with Crippen LogP contribution >= 0.6 is 11.6 Å². The number of carbonyl (C=O) groups is 3. The van der Waals surface area contributed by atoms with E-state index in [4.69, 9.17) is 16.3 Å². The van der Waals surface area contributed by atoms with Crippen LogP contribution in [0, 0.1) is 5.92 Å². The molecule has 0 saturated heterocycles. The van der Waals surface area contributed by atoms with Crippen molar-refractivity contribution in [3.8, 4) is 0 Å². The smallest absolute Gasteiger partial charge is 0.331 e. The normalized spacial score (nSPS) is 19.2. The van der Waals surface area contributed by atoms with E-state index in [0.717, 1.165) is 31.8 Å². The number of rotatable bonds is 5. The number of nitrogens with zero attached hydrogens (tertiary/aromatic N) is 2. The van der Waals surface area contributed by atoms with Gasteiger partial charge in [0, 0.05) is 18.3 Å². The van der Waals surface area contributed by atoms with Gasteiger partial charge in [-0.1, -0.05) is 37.4 Å². The second-order valence-electron chi connectivity index (χ2n) is 7.05. The van der Waals surface area contributed by atoms with Gasteiger partial charge in [-0.2, -0.15) is 0 Å². The van der Waals surface area contributed by atoms with Gasteiger partial charge in [0.1, 0.15) is 5.65 Å². The maximum Gasteiger partial charge on any atom is 0.331 e. The van der Waals surface area contributed by atoms with E-state index in [1.54, 1.807) is 16.7 Å². The summed E-state index contributed by atoms with van der Waals surface area (Å²) in [6.07, 6.45) is 8.54. The van der Waals surface area contributed by atoms with Crippen molar-refractivity contribution in [2.45, 2.75) is 38.6 Å². The number of pyridine rings is 1. The average Bonchev–Trinajstić information content (AvgIpc) is 3.01. The molecule has 0 bridgehead atoms. The quantitative estimate of drug-likeness (QED) is 0.574. The molecule has 3 rings (SSSR count). The number of hydrogen-bond acceptors (Lipinski definition) is 5. The zero-order valence-corrected chi connectivity index (χ0v) is 16.8. The molecule has 1 aliphatic carbocycles. The van der Waals surface area contributed by atoms with Gasteiger partial charge < -0.3 is 10.1 Å². The highest BCUT2D eigenvalue weighted by Gasteiger charge is 2.23. The topological polar surface area (TPSA) is 102 Å². The fraction of sp³-hybridized carbons (Fsp3) is 0.400. The Morgan fingerprint density at radius 3 is 2.90 bits per heavy atom. The minimum atomic E-state index is -0.733. The summed E-state index contributed by atoms with van der Waals surface area (Å²) in [6, 6.07) is 4.90. The number of halogens is 1. The second-order valence-corrected chi connectivity index (χ2v) is 7.41. The third kappa shape index (κ3) is 5.57. The Hall–Kier alpha value is -2.87. The summed E-state index contributed by atoms with van der Waals surface area (Å²) < 4.78 is 6.59. The molecule has 0 aromatic carbocycles. The van der Waals surface area contributed by atoms with Crippen LogP contribution in [0.4, 0.5) is 4.79 Å². The molecule has 8 nitrogen and oxygen atoms in total. The fourth-order valence-corrected chi connectivity index (χ4v) is 3.61. The molecule has 0 aliphatic heterocycles. The standard InChI is InChI=1S/C20H23ClN4O4/c1-13-6-2-3-7-14(13)22-20(28)24-17(26)12-29-18(27)10-9-15-19(21)23-16-8-4-5-11-25(15)16/h4-5,8-11,13-14H,2-3,6-7,12H2,1H3,(H2,22,24,26,28)/b10-9+/t13-,14-/m1/s1. The monoisotopic (exact) mass is 418 g/mol. The molecule has 2 N–H and O–H groups in total. The lowest BCUT2D eigenvalue weighted by Crippen LogP contribution is -2.48. The maximum atomic E-state index is 11.9. The number of nitrogens with one attached hydrogen (secondary N) is 2. The lowest BCUT2D eigenvalue weighted by atomic mass is 9.86. The average molecular weight is 419 g/mol. The molecule has 0 radical (unpaired) electrons. The summed E-state index contributed by atoms with van der Waals surface area (Å²) in [7, 11) is 0. The zero-order chi connectivity index (χ0) is 20.8. The molecule has 9 heteroatoms. The van der Waals surface area contributed by atoms with E-state index < -0.39 is 24.5 Å². The van der Waals surface area contributed by atoms with Crippen molar-refractivity contribution in [2.24, 2.45) is 5.92 Å². The fourth-order valence-electron chi connectivity index (χ4n) is 3.36. The van der Waals surface area contributed by atoms with Gasteiger partial charge in [-0.3, -0.25) is 14.5 Å². The molecule has 2 heterocycles. The van der Waals surface area contributed by atoms with E-state index in [1.807, 2.05) is 12.1 Å². The molecule has 0 unspecified atom stereocenters. The number of fused-ring (bicyclic) bond motifs is 1. The van der Waals surface area contributed by atoms with Gasteiger partial charge in [-0.25, -0.2) is 14.6 Å². The lowest BCUT2D eigenvalue weighted by molar-refractivity contribution is -0.143. The Morgan fingerprint density at radius 2 is 2.10 bits per heavy atom. The Bertz CT molecular complexity index is 940. The second kappa shape index (κ2) is 9.56. The Labute approximate surface area is 173 Å². The molecule has 0 spiro atoms. The van der Waals surface area contributed by atoms with Crippen molar-refractivity contribution < 1.29 is 19.1 Å². The Morgan fingerprint density at radius 1 is 1.31 bits per heavy atom. The van der Waals surface area contributed by atoms with Crippen LogP contribution in [0.2, 0.25) is 5.15 Å². The van der Waals surface area contributed by atoms with Crippen molar-refractivity contribution >= 4 is 41.2 Å². The minimum Gasteiger partial charge on any atom is -0.452 e. The molecule has 154 valence electrons. The van der Waals surface area contributed by atoms with E-state index >= 15 is 0 Å². The Balaban J connectivity index is 1.46. The number of carbonyl (C=O) groups excluding carboxylic acids is 3. The van der Waals surface area contributed by atoms with Crippen LogP contribution in [0.25, 0.3) is 11.7 Å². The number of amides is 3. The highest BCUT2D eigenvalue weighted by atomic mass is 35.5. The predicted molar refractivity (Wildman–Crippen MR) is 108 cm³/mol. The van der Waals surface area contributed by atoms with Gasteiger partial charge in [0.15, 0.2) is 11.8 Å². The van der Waals surface area contributed by atoms with Gasteiger partial charge in [-0.15, -0.1) is 0 Å². The van der Waals surface area contributed by atoms with E-state index in [9.17, 15) is 14.4 Å². The SMILES string of the molecule is C[C@@H]1CCCC[C@H]1NC(=O)NC(=O)COC(=O)/C=C/c1c(Cl)nc2ccccn12. The minimum absolute atomic E-state index is 0.0530. The summed E-state index contributed by atoms with van der Waals surface area (Å²) in [5, 5.41) is 5.23. The number of aromatic nitrogens is 2. The van der Waals surface area contributed by atoms with Gasteiger partial charge >= 0.3 is 12.0 Å². The summed E-state index contributed by atoms with van der Waals surface area (Å²) in [6.45, 7) is 1.52. The van der Waals surface area contributed by atoms with Crippen LogP contribution in [0.15, 0.2) is 30.5 Å². The zero-order valence-electron chi connectivity index (χ0n) is 16.1. The van der Waals surface area contributed by atoms with Crippen molar-refractivity contribution in [1.29, 1.82) is 0 Å². The molecule has 1 aliphatic rings. The maximum absolute atomic E-state index is 11.9. The first-order valence-electron chi connectivity index (χ1n) is 9.52. The first kappa shape index (κ1) is 20.9.